The number of hydrogen-bond acceptors (Lipinski definition) is 3. The first kappa shape index (κ1) is 17.2. The normalized spacial score (nSPS) is 13.6. The Morgan fingerprint density at radius 3 is 2.43 bits per heavy atom. The molecule has 0 unspecified atom stereocenters. The number of rotatable bonds is 6. The Labute approximate surface area is 137 Å². The Bertz CT molecular complexity index is 783. The molecule has 5 heteroatoms. The highest BCUT2D eigenvalue weighted by molar-refractivity contribution is 7.89. The van der Waals surface area contributed by atoms with E-state index in [4.69, 9.17) is 4.74 Å². The molecule has 0 heterocycles. The molecule has 0 saturated carbocycles. The first-order chi connectivity index (χ1) is 11.0. The molecule has 0 saturated heterocycles. The summed E-state index contributed by atoms with van der Waals surface area (Å²) in [6.07, 6.45) is 1.90. The lowest BCUT2D eigenvalue weighted by Crippen LogP contribution is -2.29. The molecule has 1 atom stereocenters. The molecule has 0 aromatic heterocycles. The number of nitrogens with one attached hydrogen (secondary N) is 1. The largest absolute Gasteiger partial charge is 0.497 e. The number of ether oxygens (including phenoxy) is 1. The fourth-order valence-corrected chi connectivity index (χ4v) is 3.52. The Hall–Kier alpha value is -2.11. The summed E-state index contributed by atoms with van der Waals surface area (Å²) < 4.78 is 33.3. The van der Waals surface area contributed by atoms with Gasteiger partial charge in [0.15, 0.2) is 0 Å². The zero-order chi connectivity index (χ0) is 16.9. The SMILES string of the molecule is C/C=C(\C)[C@H](NS(=O)(=O)c1ccccc1)c1cccc(OC)c1. The van der Waals surface area contributed by atoms with Crippen LogP contribution >= 0.6 is 0 Å². The Morgan fingerprint density at radius 2 is 1.83 bits per heavy atom. The molecule has 0 spiro atoms. The second-order valence-electron chi connectivity index (χ2n) is 5.18. The maximum atomic E-state index is 12.6. The third-order valence-electron chi connectivity index (χ3n) is 3.66. The van der Waals surface area contributed by atoms with Crippen LogP contribution in [-0.4, -0.2) is 15.5 Å². The monoisotopic (exact) mass is 331 g/mol. The number of sulfonamides is 1. The summed E-state index contributed by atoms with van der Waals surface area (Å²) >= 11 is 0. The standard InChI is InChI=1S/C18H21NO3S/c1-4-14(2)18(15-9-8-10-16(13-15)22-3)19-23(20,21)17-11-6-5-7-12-17/h4-13,18-19H,1-3H3/b14-4+/t18-/m0/s1. The van der Waals surface area contributed by atoms with Gasteiger partial charge < -0.3 is 4.74 Å². The van der Waals surface area contributed by atoms with E-state index in [-0.39, 0.29) is 4.90 Å². The highest BCUT2D eigenvalue weighted by Gasteiger charge is 2.22. The molecule has 0 radical (unpaired) electrons. The van der Waals surface area contributed by atoms with E-state index >= 15 is 0 Å². The van der Waals surface area contributed by atoms with Gasteiger partial charge in [0.1, 0.15) is 5.75 Å². The maximum absolute atomic E-state index is 12.6. The molecular formula is C18H21NO3S. The van der Waals surface area contributed by atoms with Crippen molar-refractivity contribution in [1.82, 2.24) is 4.72 Å². The van der Waals surface area contributed by atoms with Crippen molar-refractivity contribution in [2.24, 2.45) is 0 Å². The van der Waals surface area contributed by atoms with Gasteiger partial charge in [-0.15, -0.1) is 0 Å². The smallest absolute Gasteiger partial charge is 0.241 e. The highest BCUT2D eigenvalue weighted by atomic mass is 32.2. The average Bonchev–Trinajstić information content (AvgIpc) is 2.60. The van der Waals surface area contributed by atoms with Crippen molar-refractivity contribution < 1.29 is 13.2 Å². The molecule has 0 aliphatic carbocycles. The molecular weight excluding hydrogens is 310 g/mol. The molecule has 1 N–H and O–H groups in total. The van der Waals surface area contributed by atoms with Gasteiger partial charge in [-0.05, 0) is 43.7 Å². The van der Waals surface area contributed by atoms with Crippen molar-refractivity contribution in [1.29, 1.82) is 0 Å². The van der Waals surface area contributed by atoms with Crippen molar-refractivity contribution in [2.75, 3.05) is 7.11 Å². The van der Waals surface area contributed by atoms with Crippen molar-refractivity contribution in [3.8, 4) is 5.75 Å². The summed E-state index contributed by atoms with van der Waals surface area (Å²) in [5.41, 5.74) is 1.75. The van der Waals surface area contributed by atoms with E-state index in [1.807, 2.05) is 44.2 Å². The van der Waals surface area contributed by atoms with E-state index in [1.54, 1.807) is 37.4 Å². The van der Waals surface area contributed by atoms with Crippen molar-refractivity contribution in [3.63, 3.8) is 0 Å². The second kappa shape index (κ2) is 7.44. The topological polar surface area (TPSA) is 55.4 Å². The minimum absolute atomic E-state index is 0.247. The molecule has 23 heavy (non-hydrogen) atoms. The molecule has 0 bridgehead atoms. The predicted octanol–water partition coefficient (Wildman–Crippen LogP) is 3.68. The van der Waals surface area contributed by atoms with Gasteiger partial charge in [0.05, 0.1) is 18.0 Å². The van der Waals surface area contributed by atoms with Crippen LogP contribution in [0.15, 0.2) is 71.1 Å². The summed E-state index contributed by atoms with van der Waals surface area (Å²) in [5.74, 6) is 0.690. The number of benzene rings is 2. The van der Waals surface area contributed by atoms with Gasteiger partial charge in [-0.3, -0.25) is 0 Å². The van der Waals surface area contributed by atoms with E-state index in [0.29, 0.717) is 5.75 Å². The van der Waals surface area contributed by atoms with Crippen LogP contribution in [0, 0.1) is 0 Å². The Kier molecular flexibility index (Phi) is 5.58. The minimum Gasteiger partial charge on any atom is -0.497 e. The van der Waals surface area contributed by atoms with Gasteiger partial charge >= 0.3 is 0 Å². The van der Waals surface area contributed by atoms with Crippen LogP contribution < -0.4 is 9.46 Å². The van der Waals surface area contributed by atoms with Crippen LogP contribution in [-0.2, 0) is 10.0 Å². The number of hydrogen-bond donors (Lipinski definition) is 1. The van der Waals surface area contributed by atoms with Crippen molar-refractivity contribution >= 4 is 10.0 Å². The summed E-state index contributed by atoms with van der Waals surface area (Å²) in [7, 11) is -2.03. The van der Waals surface area contributed by atoms with Gasteiger partial charge in [-0.2, -0.15) is 4.72 Å². The first-order valence-corrected chi connectivity index (χ1v) is 8.80. The molecule has 0 amide bonds. The molecule has 2 aromatic carbocycles. The predicted molar refractivity (Wildman–Crippen MR) is 91.9 cm³/mol. The lowest BCUT2D eigenvalue weighted by Gasteiger charge is -2.20. The number of allylic oxidation sites excluding steroid dienone is 1. The summed E-state index contributed by atoms with van der Waals surface area (Å²) in [6.45, 7) is 3.79. The van der Waals surface area contributed by atoms with Crippen LogP contribution in [0.4, 0.5) is 0 Å². The highest BCUT2D eigenvalue weighted by Crippen LogP contribution is 2.26. The van der Waals surface area contributed by atoms with Crippen LogP contribution in [0.3, 0.4) is 0 Å². The fraction of sp³-hybridized carbons (Fsp3) is 0.222. The van der Waals surface area contributed by atoms with Gasteiger partial charge in [-0.25, -0.2) is 8.42 Å². The van der Waals surface area contributed by atoms with Gasteiger partial charge in [-0.1, -0.05) is 42.0 Å². The molecule has 0 aliphatic heterocycles. The van der Waals surface area contributed by atoms with Gasteiger partial charge in [0, 0.05) is 0 Å². The van der Waals surface area contributed by atoms with Gasteiger partial charge in [0.25, 0.3) is 0 Å². The quantitative estimate of drug-likeness (QED) is 0.822. The summed E-state index contributed by atoms with van der Waals surface area (Å²) in [5, 5.41) is 0. The zero-order valence-corrected chi connectivity index (χ0v) is 14.3. The first-order valence-electron chi connectivity index (χ1n) is 7.32. The van der Waals surface area contributed by atoms with Crippen molar-refractivity contribution in [3.05, 3.63) is 71.8 Å². The Morgan fingerprint density at radius 1 is 1.13 bits per heavy atom. The molecule has 4 nitrogen and oxygen atoms in total. The van der Waals surface area contributed by atoms with E-state index in [9.17, 15) is 8.42 Å². The van der Waals surface area contributed by atoms with Crippen LogP contribution in [0.2, 0.25) is 0 Å². The summed E-state index contributed by atoms with van der Waals surface area (Å²) in [4.78, 5) is 0.247. The van der Waals surface area contributed by atoms with Crippen LogP contribution in [0.25, 0.3) is 0 Å². The minimum atomic E-state index is -3.61. The van der Waals surface area contributed by atoms with E-state index < -0.39 is 16.1 Å². The van der Waals surface area contributed by atoms with Crippen LogP contribution in [0.5, 0.6) is 5.75 Å². The zero-order valence-electron chi connectivity index (χ0n) is 13.5. The fourth-order valence-electron chi connectivity index (χ4n) is 2.23. The van der Waals surface area contributed by atoms with E-state index in [1.165, 1.54) is 0 Å². The molecule has 0 fully saturated rings. The average molecular weight is 331 g/mol. The third-order valence-corrected chi connectivity index (χ3v) is 5.10. The third kappa shape index (κ3) is 4.21. The van der Waals surface area contributed by atoms with E-state index in [0.717, 1.165) is 11.1 Å². The Balaban J connectivity index is 2.40. The summed E-state index contributed by atoms with van der Waals surface area (Å²) in [6, 6.07) is 15.3. The second-order valence-corrected chi connectivity index (χ2v) is 6.89. The van der Waals surface area contributed by atoms with E-state index in [2.05, 4.69) is 4.72 Å². The van der Waals surface area contributed by atoms with Crippen LogP contribution in [0.1, 0.15) is 25.5 Å². The molecule has 2 aromatic rings. The van der Waals surface area contributed by atoms with Gasteiger partial charge in [0.2, 0.25) is 10.0 Å². The number of methoxy groups -OCH3 is 1. The molecule has 0 aliphatic rings. The van der Waals surface area contributed by atoms with Crippen molar-refractivity contribution in [2.45, 2.75) is 24.8 Å². The lowest BCUT2D eigenvalue weighted by molar-refractivity contribution is 0.414. The lowest BCUT2D eigenvalue weighted by atomic mass is 10.0. The molecule has 2 rings (SSSR count). The molecule has 122 valence electrons. The maximum Gasteiger partial charge on any atom is 0.241 e.